The minimum absolute atomic E-state index is 0.405. The highest BCUT2D eigenvalue weighted by atomic mass is 35.5. The lowest BCUT2D eigenvalue weighted by molar-refractivity contribution is -0.148. The quantitative estimate of drug-likeness (QED) is 0.524. The van der Waals surface area contributed by atoms with Crippen molar-refractivity contribution in [1.82, 2.24) is 0 Å². The highest BCUT2D eigenvalue weighted by Crippen LogP contribution is 2.37. The van der Waals surface area contributed by atoms with E-state index < -0.39 is 11.6 Å². The summed E-state index contributed by atoms with van der Waals surface area (Å²) in [6, 6.07) is 3.52. The summed E-state index contributed by atoms with van der Waals surface area (Å²) in [5.41, 5.74) is 0.223. The second-order valence-electron chi connectivity index (χ2n) is 5.98. The number of ether oxygens (including phenoxy) is 3. The van der Waals surface area contributed by atoms with Crippen LogP contribution in [0.15, 0.2) is 18.2 Å². The zero-order valence-corrected chi connectivity index (χ0v) is 15.2. The Kier molecular flexibility index (Phi) is 7.43. The van der Waals surface area contributed by atoms with E-state index in [0.717, 1.165) is 12.0 Å². The Morgan fingerprint density at radius 3 is 2.48 bits per heavy atom. The molecule has 0 amide bonds. The van der Waals surface area contributed by atoms with E-state index in [1.165, 1.54) is 6.08 Å². The van der Waals surface area contributed by atoms with Crippen molar-refractivity contribution in [2.75, 3.05) is 13.2 Å². The van der Waals surface area contributed by atoms with Crippen molar-refractivity contribution >= 4 is 23.6 Å². The number of rotatable bonds is 7. The zero-order chi connectivity index (χ0) is 17.5. The van der Waals surface area contributed by atoms with Gasteiger partial charge >= 0.3 is 5.97 Å². The summed E-state index contributed by atoms with van der Waals surface area (Å²) >= 11 is 6.27. The lowest BCUT2D eigenvalue weighted by Crippen LogP contribution is -2.22. The maximum atomic E-state index is 11.7. The van der Waals surface area contributed by atoms with Gasteiger partial charge in [-0.3, -0.25) is 0 Å². The van der Waals surface area contributed by atoms with Crippen LogP contribution in [-0.4, -0.2) is 24.8 Å². The molecule has 0 aliphatic rings. The van der Waals surface area contributed by atoms with Crippen LogP contribution < -0.4 is 9.47 Å². The van der Waals surface area contributed by atoms with Crippen molar-refractivity contribution in [2.24, 2.45) is 0 Å². The van der Waals surface area contributed by atoms with E-state index in [-0.39, 0.29) is 0 Å². The van der Waals surface area contributed by atoms with Crippen LogP contribution in [0.5, 0.6) is 11.5 Å². The molecule has 0 saturated carbocycles. The van der Waals surface area contributed by atoms with Crippen LogP contribution in [0.1, 0.15) is 46.6 Å². The molecule has 0 aliphatic heterocycles. The summed E-state index contributed by atoms with van der Waals surface area (Å²) in [5.74, 6) is 0.694. The molecule has 4 nitrogen and oxygen atoms in total. The van der Waals surface area contributed by atoms with Gasteiger partial charge < -0.3 is 14.2 Å². The molecule has 1 aromatic rings. The fourth-order valence-corrected chi connectivity index (χ4v) is 2.07. The molecule has 1 aromatic carbocycles. The predicted octanol–water partition coefficient (Wildman–Crippen LogP) is 4.88. The molecule has 1 rings (SSSR count). The number of halogens is 1. The first-order chi connectivity index (χ1) is 10.8. The molecule has 0 spiro atoms. The smallest absolute Gasteiger partial charge is 0.331 e. The summed E-state index contributed by atoms with van der Waals surface area (Å²) < 4.78 is 16.5. The van der Waals surface area contributed by atoms with E-state index in [2.05, 4.69) is 0 Å². The number of hydrogen-bond donors (Lipinski definition) is 0. The van der Waals surface area contributed by atoms with Crippen LogP contribution in [0.3, 0.4) is 0 Å². The Balaban J connectivity index is 2.97. The largest absolute Gasteiger partial charge is 0.490 e. The van der Waals surface area contributed by atoms with Crippen LogP contribution in [0.2, 0.25) is 5.02 Å². The van der Waals surface area contributed by atoms with E-state index in [1.807, 2.05) is 34.6 Å². The fraction of sp³-hybridized carbons (Fsp3) is 0.500. The van der Waals surface area contributed by atoms with Crippen molar-refractivity contribution in [3.05, 3.63) is 28.8 Å². The second kappa shape index (κ2) is 8.82. The maximum absolute atomic E-state index is 11.7. The first-order valence-electron chi connectivity index (χ1n) is 7.77. The Hall–Kier alpha value is -1.68. The molecule has 0 atom stereocenters. The number of carbonyl (C=O) groups is 1. The lowest BCUT2D eigenvalue weighted by Gasteiger charge is -2.18. The van der Waals surface area contributed by atoms with E-state index in [0.29, 0.717) is 29.7 Å². The van der Waals surface area contributed by atoms with Crippen molar-refractivity contribution < 1.29 is 19.0 Å². The third kappa shape index (κ3) is 6.95. The van der Waals surface area contributed by atoms with Crippen LogP contribution in [-0.2, 0) is 9.53 Å². The van der Waals surface area contributed by atoms with Gasteiger partial charge in [0.2, 0.25) is 0 Å². The molecule has 5 heteroatoms. The topological polar surface area (TPSA) is 44.8 Å². The minimum atomic E-state index is -0.520. The number of carbonyl (C=O) groups excluding carboxylic acids is 1. The van der Waals surface area contributed by atoms with Gasteiger partial charge in [-0.25, -0.2) is 4.79 Å². The van der Waals surface area contributed by atoms with Gasteiger partial charge in [-0.2, -0.15) is 0 Å². The average Bonchev–Trinajstić information content (AvgIpc) is 2.43. The normalized spacial score (nSPS) is 11.6. The number of esters is 1. The fourth-order valence-electron chi connectivity index (χ4n) is 1.79. The molecule has 128 valence electrons. The first kappa shape index (κ1) is 19.4. The third-order valence-corrected chi connectivity index (χ3v) is 2.88. The number of benzene rings is 1. The van der Waals surface area contributed by atoms with Gasteiger partial charge in [0, 0.05) is 6.08 Å². The van der Waals surface area contributed by atoms with Crippen LogP contribution in [0.4, 0.5) is 0 Å². The van der Waals surface area contributed by atoms with Crippen molar-refractivity contribution in [3.63, 3.8) is 0 Å². The van der Waals surface area contributed by atoms with Crippen molar-refractivity contribution in [2.45, 2.75) is 46.6 Å². The molecule has 23 heavy (non-hydrogen) atoms. The second-order valence-corrected chi connectivity index (χ2v) is 6.39. The van der Waals surface area contributed by atoms with E-state index in [9.17, 15) is 4.79 Å². The van der Waals surface area contributed by atoms with Gasteiger partial charge in [0.1, 0.15) is 5.60 Å². The van der Waals surface area contributed by atoms with Crippen molar-refractivity contribution in [3.8, 4) is 11.5 Å². The van der Waals surface area contributed by atoms with Crippen LogP contribution >= 0.6 is 11.6 Å². The minimum Gasteiger partial charge on any atom is -0.490 e. The van der Waals surface area contributed by atoms with Crippen LogP contribution in [0.25, 0.3) is 6.08 Å². The SMILES string of the molecule is CCCOc1c(Cl)cc(/C=C/C(=O)OC(C)(C)C)cc1OCC. The molecular weight excluding hydrogens is 316 g/mol. The summed E-state index contributed by atoms with van der Waals surface area (Å²) in [5, 5.41) is 0.452. The van der Waals surface area contributed by atoms with Gasteiger partial charge in [0.15, 0.2) is 11.5 Å². The predicted molar refractivity (Wildman–Crippen MR) is 93.3 cm³/mol. The van der Waals surface area contributed by atoms with E-state index in [1.54, 1.807) is 18.2 Å². The van der Waals surface area contributed by atoms with Gasteiger partial charge in [0.25, 0.3) is 0 Å². The molecule has 0 fully saturated rings. The average molecular weight is 341 g/mol. The molecule has 0 N–H and O–H groups in total. The highest BCUT2D eigenvalue weighted by Gasteiger charge is 2.15. The lowest BCUT2D eigenvalue weighted by atomic mass is 10.1. The summed E-state index contributed by atoms with van der Waals surface area (Å²) in [6.45, 7) is 10.4. The van der Waals surface area contributed by atoms with Gasteiger partial charge in [-0.1, -0.05) is 18.5 Å². The van der Waals surface area contributed by atoms with Gasteiger partial charge in [-0.05, 0) is 57.9 Å². The molecule has 0 radical (unpaired) electrons. The Morgan fingerprint density at radius 1 is 1.22 bits per heavy atom. The summed E-state index contributed by atoms with van der Waals surface area (Å²) in [7, 11) is 0. The Labute approximate surface area is 143 Å². The van der Waals surface area contributed by atoms with Gasteiger partial charge in [-0.15, -0.1) is 0 Å². The molecule has 0 aromatic heterocycles. The highest BCUT2D eigenvalue weighted by molar-refractivity contribution is 6.32. The number of hydrogen-bond acceptors (Lipinski definition) is 4. The third-order valence-electron chi connectivity index (χ3n) is 2.60. The van der Waals surface area contributed by atoms with Crippen LogP contribution in [0, 0.1) is 0 Å². The molecule has 0 aliphatic carbocycles. The monoisotopic (exact) mass is 340 g/mol. The van der Waals surface area contributed by atoms with Gasteiger partial charge in [0.05, 0.1) is 18.2 Å². The molecular formula is C18H25ClO4. The maximum Gasteiger partial charge on any atom is 0.331 e. The Bertz CT molecular complexity index is 559. The first-order valence-corrected chi connectivity index (χ1v) is 8.14. The van der Waals surface area contributed by atoms with E-state index >= 15 is 0 Å². The Morgan fingerprint density at radius 2 is 1.91 bits per heavy atom. The molecule has 0 heterocycles. The molecule has 0 saturated heterocycles. The van der Waals surface area contributed by atoms with E-state index in [4.69, 9.17) is 25.8 Å². The molecule has 0 unspecified atom stereocenters. The molecule has 0 bridgehead atoms. The summed E-state index contributed by atoms with van der Waals surface area (Å²) in [4.78, 5) is 11.7. The van der Waals surface area contributed by atoms with Crippen molar-refractivity contribution in [1.29, 1.82) is 0 Å². The zero-order valence-electron chi connectivity index (χ0n) is 14.4. The standard InChI is InChI=1S/C18H25ClO4/c1-6-10-22-17-14(19)11-13(12-15(17)21-7-2)8-9-16(20)23-18(3,4)5/h8-9,11-12H,6-7,10H2,1-5H3/b9-8+. The summed E-state index contributed by atoms with van der Waals surface area (Å²) in [6.07, 6.45) is 3.90.